The molecule has 1 fully saturated rings. The quantitative estimate of drug-likeness (QED) is 0.473. The second-order valence-corrected chi connectivity index (χ2v) is 3.48. The number of piperidine rings is 1. The SMILES string of the molecule is CN1CCCCC1CC[N+](=O)[O-]. The number of nitro groups is 1. The van der Waals surface area contributed by atoms with Crippen LogP contribution in [0, 0.1) is 10.1 Å². The molecule has 0 saturated carbocycles. The van der Waals surface area contributed by atoms with Gasteiger partial charge in [0.15, 0.2) is 0 Å². The van der Waals surface area contributed by atoms with Crippen molar-refractivity contribution < 1.29 is 4.92 Å². The van der Waals surface area contributed by atoms with Crippen LogP contribution in [0.1, 0.15) is 25.7 Å². The van der Waals surface area contributed by atoms with Gasteiger partial charge in [-0.15, -0.1) is 0 Å². The van der Waals surface area contributed by atoms with Gasteiger partial charge < -0.3 is 4.90 Å². The molecule has 1 aliphatic heterocycles. The maximum Gasteiger partial charge on any atom is 0.205 e. The normalized spacial score (nSPS) is 25.6. The van der Waals surface area contributed by atoms with Gasteiger partial charge in [-0.05, 0) is 26.4 Å². The van der Waals surface area contributed by atoms with Gasteiger partial charge in [0.05, 0.1) is 0 Å². The number of rotatable bonds is 3. The molecule has 0 aromatic heterocycles. The minimum absolute atomic E-state index is 0.120. The molecular weight excluding hydrogens is 156 g/mol. The van der Waals surface area contributed by atoms with E-state index < -0.39 is 0 Å². The molecule has 1 atom stereocenters. The van der Waals surface area contributed by atoms with Crippen LogP contribution in [0.2, 0.25) is 0 Å². The van der Waals surface area contributed by atoms with E-state index in [0.29, 0.717) is 12.5 Å². The zero-order valence-corrected chi connectivity index (χ0v) is 7.53. The summed E-state index contributed by atoms with van der Waals surface area (Å²) in [7, 11) is 2.06. The first-order chi connectivity index (χ1) is 5.70. The molecule has 1 rings (SSSR count). The minimum Gasteiger partial charge on any atom is -0.303 e. The molecule has 0 bridgehead atoms. The van der Waals surface area contributed by atoms with Crippen LogP contribution in [-0.2, 0) is 0 Å². The van der Waals surface area contributed by atoms with Crippen molar-refractivity contribution in [3.05, 3.63) is 10.1 Å². The van der Waals surface area contributed by atoms with Crippen molar-refractivity contribution in [2.24, 2.45) is 0 Å². The van der Waals surface area contributed by atoms with Gasteiger partial charge in [0.25, 0.3) is 0 Å². The Bertz CT molecular complexity index is 161. The summed E-state index contributed by atoms with van der Waals surface area (Å²) in [6.07, 6.45) is 4.31. The molecule has 0 aromatic carbocycles. The Kier molecular flexibility index (Phi) is 3.47. The third-order valence-corrected chi connectivity index (χ3v) is 2.57. The predicted octanol–water partition coefficient (Wildman–Crippen LogP) is 1.14. The first-order valence-electron chi connectivity index (χ1n) is 4.52. The molecule has 12 heavy (non-hydrogen) atoms. The summed E-state index contributed by atoms with van der Waals surface area (Å²) in [4.78, 5) is 12.2. The number of hydrogen-bond donors (Lipinski definition) is 0. The van der Waals surface area contributed by atoms with E-state index in [0.717, 1.165) is 13.0 Å². The lowest BCUT2D eigenvalue weighted by molar-refractivity contribution is -0.481. The van der Waals surface area contributed by atoms with Crippen LogP contribution in [0.15, 0.2) is 0 Å². The van der Waals surface area contributed by atoms with Crippen LogP contribution in [-0.4, -0.2) is 36.0 Å². The Morgan fingerprint density at radius 2 is 2.33 bits per heavy atom. The van der Waals surface area contributed by atoms with Crippen LogP contribution in [0.3, 0.4) is 0 Å². The van der Waals surface area contributed by atoms with Crippen molar-refractivity contribution in [2.45, 2.75) is 31.7 Å². The van der Waals surface area contributed by atoms with Gasteiger partial charge in [-0.2, -0.15) is 0 Å². The van der Waals surface area contributed by atoms with Gasteiger partial charge in [-0.3, -0.25) is 10.1 Å². The standard InChI is InChI=1S/C8H16N2O2/c1-9-6-3-2-4-8(9)5-7-10(11)12/h8H,2-7H2,1H3. The van der Waals surface area contributed by atoms with E-state index in [-0.39, 0.29) is 11.5 Å². The first kappa shape index (κ1) is 9.45. The second-order valence-electron chi connectivity index (χ2n) is 3.48. The molecule has 0 amide bonds. The Hall–Kier alpha value is -0.640. The number of likely N-dealkylation sites (tertiary alicyclic amines) is 1. The van der Waals surface area contributed by atoms with Crippen molar-refractivity contribution in [3.8, 4) is 0 Å². The van der Waals surface area contributed by atoms with E-state index >= 15 is 0 Å². The maximum atomic E-state index is 10.1. The lowest BCUT2D eigenvalue weighted by atomic mass is 10.0. The largest absolute Gasteiger partial charge is 0.303 e. The number of hydrogen-bond acceptors (Lipinski definition) is 3. The van der Waals surface area contributed by atoms with E-state index in [1.165, 1.54) is 12.8 Å². The Labute approximate surface area is 72.7 Å². The molecule has 1 saturated heterocycles. The molecule has 1 unspecified atom stereocenters. The fourth-order valence-electron chi connectivity index (χ4n) is 1.76. The fraction of sp³-hybridized carbons (Fsp3) is 1.00. The van der Waals surface area contributed by atoms with Crippen LogP contribution >= 0.6 is 0 Å². The van der Waals surface area contributed by atoms with Crippen molar-refractivity contribution in [1.82, 2.24) is 4.90 Å². The van der Waals surface area contributed by atoms with E-state index in [1.807, 2.05) is 0 Å². The van der Waals surface area contributed by atoms with Crippen LogP contribution in [0.4, 0.5) is 0 Å². The topological polar surface area (TPSA) is 46.4 Å². The fourth-order valence-corrected chi connectivity index (χ4v) is 1.76. The highest BCUT2D eigenvalue weighted by Gasteiger charge is 2.19. The maximum absolute atomic E-state index is 10.1. The summed E-state index contributed by atoms with van der Waals surface area (Å²) in [5.41, 5.74) is 0. The molecule has 4 nitrogen and oxygen atoms in total. The van der Waals surface area contributed by atoms with Crippen molar-refractivity contribution in [1.29, 1.82) is 0 Å². The van der Waals surface area contributed by atoms with E-state index in [1.54, 1.807) is 0 Å². The predicted molar refractivity (Wildman–Crippen MR) is 46.7 cm³/mol. The summed E-state index contributed by atoms with van der Waals surface area (Å²) in [5, 5.41) is 10.1. The highest BCUT2D eigenvalue weighted by molar-refractivity contribution is 4.73. The van der Waals surface area contributed by atoms with Crippen molar-refractivity contribution in [3.63, 3.8) is 0 Å². The third-order valence-electron chi connectivity index (χ3n) is 2.57. The van der Waals surface area contributed by atoms with Gasteiger partial charge >= 0.3 is 0 Å². The van der Waals surface area contributed by atoms with Gasteiger partial charge in [0.1, 0.15) is 0 Å². The Balaban J connectivity index is 2.24. The van der Waals surface area contributed by atoms with Crippen LogP contribution in [0.25, 0.3) is 0 Å². The van der Waals surface area contributed by atoms with Gasteiger partial charge in [-0.1, -0.05) is 6.42 Å². The van der Waals surface area contributed by atoms with Gasteiger partial charge in [0.2, 0.25) is 6.54 Å². The van der Waals surface area contributed by atoms with E-state index in [4.69, 9.17) is 0 Å². The third kappa shape index (κ3) is 2.77. The summed E-state index contributed by atoms with van der Waals surface area (Å²) < 4.78 is 0. The lowest BCUT2D eigenvalue weighted by Crippen LogP contribution is -2.37. The molecule has 1 aliphatic rings. The molecular formula is C8H16N2O2. The first-order valence-corrected chi connectivity index (χ1v) is 4.52. The van der Waals surface area contributed by atoms with Crippen LogP contribution < -0.4 is 0 Å². The Morgan fingerprint density at radius 3 is 2.92 bits per heavy atom. The monoisotopic (exact) mass is 172 g/mol. The summed E-state index contributed by atoms with van der Waals surface area (Å²) in [6.45, 7) is 1.22. The molecule has 1 heterocycles. The minimum atomic E-state index is -0.220. The molecule has 0 radical (unpaired) electrons. The highest BCUT2D eigenvalue weighted by atomic mass is 16.6. The average molecular weight is 172 g/mol. The molecule has 70 valence electrons. The van der Waals surface area contributed by atoms with Gasteiger partial charge in [0, 0.05) is 17.4 Å². The number of nitrogens with zero attached hydrogens (tertiary/aromatic N) is 2. The average Bonchev–Trinajstić information content (AvgIpc) is 2.03. The van der Waals surface area contributed by atoms with Crippen LogP contribution in [0.5, 0.6) is 0 Å². The molecule has 0 aromatic rings. The van der Waals surface area contributed by atoms with Gasteiger partial charge in [-0.25, -0.2) is 0 Å². The Morgan fingerprint density at radius 1 is 1.58 bits per heavy atom. The summed E-state index contributed by atoms with van der Waals surface area (Å²) in [5.74, 6) is 0. The highest BCUT2D eigenvalue weighted by Crippen LogP contribution is 2.17. The smallest absolute Gasteiger partial charge is 0.205 e. The van der Waals surface area contributed by atoms with E-state index in [9.17, 15) is 10.1 Å². The molecule has 0 N–H and O–H groups in total. The zero-order valence-electron chi connectivity index (χ0n) is 7.53. The van der Waals surface area contributed by atoms with Crippen molar-refractivity contribution >= 4 is 0 Å². The summed E-state index contributed by atoms with van der Waals surface area (Å²) in [6, 6.07) is 0.448. The lowest BCUT2D eigenvalue weighted by Gasteiger charge is -2.31. The molecule has 0 spiro atoms. The van der Waals surface area contributed by atoms with Crippen molar-refractivity contribution in [2.75, 3.05) is 20.1 Å². The summed E-state index contributed by atoms with van der Waals surface area (Å²) >= 11 is 0. The van der Waals surface area contributed by atoms with E-state index in [2.05, 4.69) is 11.9 Å². The zero-order chi connectivity index (χ0) is 8.97. The molecule has 0 aliphatic carbocycles. The second kappa shape index (κ2) is 4.40. The molecule has 4 heteroatoms.